The third-order valence-corrected chi connectivity index (χ3v) is 5.33. The highest BCUT2D eigenvalue weighted by molar-refractivity contribution is 7.89. The molecule has 0 amide bonds. The SMILES string of the molecule is CCCCCCC(C)Nc1cccc(S(=O)(=O)N(C)C)c1. The summed E-state index contributed by atoms with van der Waals surface area (Å²) in [5.74, 6) is 0. The van der Waals surface area contributed by atoms with Crippen molar-refractivity contribution in [1.82, 2.24) is 4.31 Å². The van der Waals surface area contributed by atoms with Gasteiger partial charge in [0.05, 0.1) is 4.90 Å². The molecule has 21 heavy (non-hydrogen) atoms. The Bertz CT molecular complexity index is 527. The first-order valence-corrected chi connectivity index (χ1v) is 9.11. The number of sulfonamides is 1. The number of anilines is 1. The molecule has 0 radical (unpaired) electrons. The van der Waals surface area contributed by atoms with Gasteiger partial charge in [-0.2, -0.15) is 0 Å². The number of unbranched alkanes of at least 4 members (excludes halogenated alkanes) is 3. The monoisotopic (exact) mass is 312 g/mol. The van der Waals surface area contributed by atoms with Crippen LogP contribution in [0.4, 0.5) is 5.69 Å². The lowest BCUT2D eigenvalue weighted by atomic mass is 10.1. The van der Waals surface area contributed by atoms with E-state index in [1.54, 1.807) is 32.3 Å². The Morgan fingerprint density at radius 1 is 1.19 bits per heavy atom. The Labute approximate surface area is 129 Å². The molecule has 0 aliphatic heterocycles. The molecule has 1 atom stereocenters. The maximum atomic E-state index is 12.1. The van der Waals surface area contributed by atoms with E-state index in [2.05, 4.69) is 19.2 Å². The molecule has 1 N–H and O–H groups in total. The van der Waals surface area contributed by atoms with Crippen LogP contribution in [0.15, 0.2) is 29.2 Å². The van der Waals surface area contributed by atoms with Crippen LogP contribution in [0.25, 0.3) is 0 Å². The van der Waals surface area contributed by atoms with E-state index in [-0.39, 0.29) is 0 Å². The number of hydrogen-bond acceptors (Lipinski definition) is 3. The Kier molecular flexibility index (Phi) is 7.18. The molecule has 4 nitrogen and oxygen atoms in total. The summed E-state index contributed by atoms with van der Waals surface area (Å²) in [7, 11) is -0.271. The minimum atomic E-state index is -3.37. The second-order valence-electron chi connectivity index (χ2n) is 5.71. The molecule has 0 aromatic heterocycles. The zero-order valence-corrected chi connectivity index (χ0v) is 14.4. The van der Waals surface area contributed by atoms with Crippen molar-refractivity contribution < 1.29 is 8.42 Å². The van der Waals surface area contributed by atoms with E-state index in [1.165, 1.54) is 30.0 Å². The number of nitrogens with one attached hydrogen (secondary N) is 1. The number of hydrogen-bond donors (Lipinski definition) is 1. The molecular weight excluding hydrogens is 284 g/mol. The summed E-state index contributed by atoms with van der Waals surface area (Å²) in [6.07, 6.45) is 6.09. The van der Waals surface area contributed by atoms with Crippen molar-refractivity contribution in [2.75, 3.05) is 19.4 Å². The molecule has 0 heterocycles. The normalized spacial score (nSPS) is 13.4. The molecule has 5 heteroatoms. The average molecular weight is 312 g/mol. The lowest BCUT2D eigenvalue weighted by molar-refractivity contribution is 0.520. The molecule has 120 valence electrons. The number of nitrogens with zero attached hydrogens (tertiary/aromatic N) is 1. The highest BCUT2D eigenvalue weighted by Gasteiger charge is 2.17. The van der Waals surface area contributed by atoms with E-state index in [4.69, 9.17) is 0 Å². The molecule has 1 aromatic carbocycles. The van der Waals surface area contributed by atoms with Crippen LogP contribution in [0.3, 0.4) is 0 Å². The van der Waals surface area contributed by atoms with E-state index in [0.717, 1.165) is 12.1 Å². The lowest BCUT2D eigenvalue weighted by Crippen LogP contribution is -2.22. The Balaban J connectivity index is 2.65. The zero-order valence-electron chi connectivity index (χ0n) is 13.6. The first-order chi connectivity index (χ1) is 9.87. The molecule has 1 rings (SSSR count). The van der Waals surface area contributed by atoms with Crippen LogP contribution in [0.2, 0.25) is 0 Å². The van der Waals surface area contributed by atoms with E-state index in [1.807, 2.05) is 6.07 Å². The quantitative estimate of drug-likeness (QED) is 0.707. The summed E-state index contributed by atoms with van der Waals surface area (Å²) in [5.41, 5.74) is 0.862. The number of rotatable bonds is 9. The van der Waals surface area contributed by atoms with Gasteiger partial charge in [0.25, 0.3) is 0 Å². The van der Waals surface area contributed by atoms with Crippen LogP contribution in [0, 0.1) is 0 Å². The lowest BCUT2D eigenvalue weighted by Gasteiger charge is -2.17. The second kappa shape index (κ2) is 8.39. The van der Waals surface area contributed by atoms with E-state index in [9.17, 15) is 8.42 Å². The summed E-state index contributed by atoms with van der Waals surface area (Å²) >= 11 is 0. The van der Waals surface area contributed by atoms with Crippen molar-refractivity contribution >= 4 is 15.7 Å². The third kappa shape index (κ3) is 5.67. The van der Waals surface area contributed by atoms with Crippen LogP contribution in [-0.4, -0.2) is 32.9 Å². The van der Waals surface area contributed by atoms with Crippen molar-refractivity contribution in [2.24, 2.45) is 0 Å². The van der Waals surface area contributed by atoms with Gasteiger partial charge >= 0.3 is 0 Å². The third-order valence-electron chi connectivity index (χ3n) is 3.52. The zero-order chi connectivity index (χ0) is 15.9. The van der Waals surface area contributed by atoms with Gasteiger partial charge in [-0.1, -0.05) is 38.7 Å². The van der Waals surface area contributed by atoms with Crippen LogP contribution in [-0.2, 0) is 10.0 Å². The highest BCUT2D eigenvalue weighted by Crippen LogP contribution is 2.19. The first kappa shape index (κ1) is 18.0. The van der Waals surface area contributed by atoms with Crippen molar-refractivity contribution in [2.45, 2.75) is 56.9 Å². The highest BCUT2D eigenvalue weighted by atomic mass is 32.2. The summed E-state index contributed by atoms with van der Waals surface area (Å²) in [6.45, 7) is 4.34. The molecule has 0 aliphatic rings. The van der Waals surface area contributed by atoms with Crippen molar-refractivity contribution in [3.05, 3.63) is 24.3 Å². The smallest absolute Gasteiger partial charge is 0.242 e. The molecule has 1 aromatic rings. The molecular formula is C16H28N2O2S. The maximum Gasteiger partial charge on any atom is 0.242 e. The Morgan fingerprint density at radius 3 is 2.52 bits per heavy atom. The van der Waals surface area contributed by atoms with Crippen LogP contribution >= 0.6 is 0 Å². The van der Waals surface area contributed by atoms with Crippen LogP contribution in [0.1, 0.15) is 46.0 Å². The van der Waals surface area contributed by atoms with Gasteiger partial charge in [0.1, 0.15) is 0 Å². The molecule has 0 saturated heterocycles. The summed E-state index contributed by atoms with van der Waals surface area (Å²) < 4.78 is 25.5. The van der Waals surface area contributed by atoms with Gasteiger partial charge in [0.2, 0.25) is 10.0 Å². The maximum absolute atomic E-state index is 12.1. The van der Waals surface area contributed by atoms with Gasteiger partial charge < -0.3 is 5.32 Å². The second-order valence-corrected chi connectivity index (χ2v) is 7.86. The van der Waals surface area contributed by atoms with E-state index in [0.29, 0.717) is 10.9 Å². The van der Waals surface area contributed by atoms with Gasteiger partial charge in [-0.15, -0.1) is 0 Å². The molecule has 1 unspecified atom stereocenters. The molecule has 0 spiro atoms. The summed E-state index contributed by atoms with van der Waals surface area (Å²) in [6, 6.07) is 7.38. The van der Waals surface area contributed by atoms with Gasteiger partial charge in [-0.25, -0.2) is 12.7 Å². The summed E-state index contributed by atoms with van der Waals surface area (Å²) in [4.78, 5) is 0.329. The van der Waals surface area contributed by atoms with E-state index >= 15 is 0 Å². The fraction of sp³-hybridized carbons (Fsp3) is 0.625. The topological polar surface area (TPSA) is 49.4 Å². The van der Waals surface area contributed by atoms with Crippen molar-refractivity contribution in [3.8, 4) is 0 Å². The fourth-order valence-electron chi connectivity index (χ4n) is 2.19. The van der Waals surface area contributed by atoms with Gasteiger partial charge in [0.15, 0.2) is 0 Å². The molecule has 0 saturated carbocycles. The summed E-state index contributed by atoms with van der Waals surface area (Å²) in [5, 5.41) is 3.39. The van der Waals surface area contributed by atoms with Gasteiger partial charge in [-0.05, 0) is 31.5 Å². The molecule has 0 bridgehead atoms. The minimum Gasteiger partial charge on any atom is -0.383 e. The van der Waals surface area contributed by atoms with Crippen LogP contribution < -0.4 is 5.32 Å². The first-order valence-electron chi connectivity index (χ1n) is 7.67. The van der Waals surface area contributed by atoms with Crippen molar-refractivity contribution in [3.63, 3.8) is 0 Å². The van der Waals surface area contributed by atoms with Crippen molar-refractivity contribution in [1.29, 1.82) is 0 Å². The average Bonchev–Trinajstić information content (AvgIpc) is 2.43. The van der Waals surface area contributed by atoms with Gasteiger partial charge in [-0.3, -0.25) is 0 Å². The minimum absolute atomic E-state index is 0.329. The number of benzene rings is 1. The largest absolute Gasteiger partial charge is 0.383 e. The molecule has 0 fully saturated rings. The fourth-order valence-corrected chi connectivity index (χ4v) is 3.14. The molecule has 0 aliphatic carbocycles. The standard InChI is InChI=1S/C16H28N2O2S/c1-5-6-7-8-10-14(2)17-15-11-9-12-16(13-15)21(19,20)18(3)4/h9,11-14,17H,5-8,10H2,1-4H3. The Morgan fingerprint density at radius 2 is 1.90 bits per heavy atom. The Hall–Kier alpha value is -1.07. The van der Waals surface area contributed by atoms with Crippen LogP contribution in [0.5, 0.6) is 0 Å². The predicted octanol–water partition coefficient (Wildman–Crippen LogP) is 3.71. The van der Waals surface area contributed by atoms with Gasteiger partial charge in [0, 0.05) is 25.8 Å². The predicted molar refractivity (Wildman–Crippen MR) is 89.2 cm³/mol. The van der Waals surface area contributed by atoms with E-state index < -0.39 is 10.0 Å².